The second-order valence-electron chi connectivity index (χ2n) is 7.59. The van der Waals surface area contributed by atoms with Crippen molar-refractivity contribution in [3.63, 3.8) is 0 Å². The maximum absolute atomic E-state index is 6.71. The van der Waals surface area contributed by atoms with E-state index in [1.54, 1.807) is 0 Å². The molecule has 1 aromatic rings. The van der Waals surface area contributed by atoms with E-state index in [0.717, 1.165) is 57.8 Å². The van der Waals surface area contributed by atoms with Gasteiger partial charge in [-0.15, -0.1) is 0 Å². The van der Waals surface area contributed by atoms with Crippen LogP contribution in [0.5, 0.6) is 0 Å². The molecular weight excluding hydrogens is 306 g/mol. The SMILES string of the molecule is Cc1c(CC2CO2)c(CC2CO2)c(N)c(CC2CO2)c1CC1CO1. The molecule has 0 spiro atoms. The van der Waals surface area contributed by atoms with E-state index in [0.29, 0.717) is 24.4 Å². The molecule has 4 fully saturated rings. The fourth-order valence-electron chi connectivity index (χ4n) is 3.82. The second kappa shape index (κ2) is 5.70. The Hall–Kier alpha value is -1.14. The summed E-state index contributed by atoms with van der Waals surface area (Å²) in [6.07, 6.45) is 5.20. The molecule has 1 aromatic carbocycles. The minimum absolute atomic E-state index is 0.341. The van der Waals surface area contributed by atoms with Gasteiger partial charge in [-0.1, -0.05) is 0 Å². The van der Waals surface area contributed by atoms with Crippen LogP contribution < -0.4 is 5.73 Å². The van der Waals surface area contributed by atoms with Crippen LogP contribution in [0.3, 0.4) is 0 Å². The lowest BCUT2D eigenvalue weighted by atomic mass is 9.83. The summed E-state index contributed by atoms with van der Waals surface area (Å²) in [5, 5.41) is 0. The van der Waals surface area contributed by atoms with Crippen LogP contribution in [-0.2, 0) is 44.6 Å². The fourth-order valence-corrected chi connectivity index (χ4v) is 3.82. The first kappa shape index (κ1) is 15.1. The predicted octanol–water partition coefficient (Wildman–Crippen LogP) is 1.34. The molecule has 0 aromatic heterocycles. The Labute approximate surface area is 142 Å². The van der Waals surface area contributed by atoms with E-state index in [1.165, 1.54) is 27.8 Å². The zero-order chi connectivity index (χ0) is 16.3. The third kappa shape index (κ3) is 3.18. The van der Waals surface area contributed by atoms with Crippen LogP contribution in [0.15, 0.2) is 0 Å². The Morgan fingerprint density at radius 1 is 0.667 bits per heavy atom. The first-order chi connectivity index (χ1) is 11.7. The highest BCUT2D eigenvalue weighted by molar-refractivity contribution is 5.65. The molecule has 4 unspecified atom stereocenters. The van der Waals surface area contributed by atoms with Crippen LogP contribution >= 0.6 is 0 Å². The van der Waals surface area contributed by atoms with Crippen molar-refractivity contribution in [3.8, 4) is 0 Å². The van der Waals surface area contributed by atoms with Gasteiger partial charge >= 0.3 is 0 Å². The van der Waals surface area contributed by atoms with Gasteiger partial charge in [0.15, 0.2) is 0 Å². The molecule has 0 aliphatic carbocycles. The largest absolute Gasteiger partial charge is 0.398 e. The molecule has 4 aliphatic rings. The third-order valence-electron chi connectivity index (χ3n) is 5.62. The van der Waals surface area contributed by atoms with Crippen molar-refractivity contribution >= 4 is 5.69 Å². The molecule has 24 heavy (non-hydrogen) atoms. The van der Waals surface area contributed by atoms with Crippen molar-refractivity contribution in [2.45, 2.75) is 57.0 Å². The Bertz CT molecular complexity index is 548. The van der Waals surface area contributed by atoms with Crippen LogP contribution in [0.4, 0.5) is 5.69 Å². The summed E-state index contributed by atoms with van der Waals surface area (Å²) in [4.78, 5) is 0. The van der Waals surface area contributed by atoms with Gasteiger partial charge in [-0.3, -0.25) is 0 Å². The van der Waals surface area contributed by atoms with E-state index >= 15 is 0 Å². The van der Waals surface area contributed by atoms with Gasteiger partial charge in [0, 0.05) is 31.4 Å². The summed E-state index contributed by atoms with van der Waals surface area (Å²) in [5.74, 6) is 0. The van der Waals surface area contributed by atoms with Gasteiger partial charge in [-0.05, 0) is 34.7 Å². The lowest BCUT2D eigenvalue weighted by molar-refractivity contribution is 0.398. The van der Waals surface area contributed by atoms with Gasteiger partial charge in [0.1, 0.15) is 0 Å². The molecule has 4 atom stereocenters. The Kier molecular flexibility index (Phi) is 3.59. The van der Waals surface area contributed by atoms with Crippen LogP contribution in [0.25, 0.3) is 0 Å². The molecule has 2 N–H and O–H groups in total. The van der Waals surface area contributed by atoms with Crippen molar-refractivity contribution in [1.29, 1.82) is 0 Å². The molecule has 130 valence electrons. The van der Waals surface area contributed by atoms with E-state index < -0.39 is 0 Å². The van der Waals surface area contributed by atoms with Gasteiger partial charge in [0.05, 0.1) is 50.8 Å². The molecular formula is C19H25NO4. The van der Waals surface area contributed by atoms with Crippen molar-refractivity contribution in [3.05, 3.63) is 27.8 Å². The van der Waals surface area contributed by atoms with Gasteiger partial charge < -0.3 is 24.7 Å². The topological polar surface area (TPSA) is 76.1 Å². The fraction of sp³-hybridized carbons (Fsp3) is 0.684. The van der Waals surface area contributed by atoms with Crippen molar-refractivity contribution in [2.24, 2.45) is 0 Å². The summed E-state index contributed by atoms with van der Waals surface area (Å²) < 4.78 is 22.0. The smallest absolute Gasteiger partial charge is 0.0851 e. The number of nitrogen functional groups attached to an aromatic ring is 1. The summed E-state index contributed by atoms with van der Waals surface area (Å²) in [6, 6.07) is 0. The molecule has 5 rings (SSSR count). The van der Waals surface area contributed by atoms with E-state index in [1.807, 2.05) is 0 Å². The molecule has 0 amide bonds. The van der Waals surface area contributed by atoms with Crippen LogP contribution in [0, 0.1) is 6.92 Å². The molecule has 4 aliphatic heterocycles. The molecule has 5 nitrogen and oxygen atoms in total. The number of epoxide rings is 4. The number of ether oxygens (including phenoxy) is 4. The van der Waals surface area contributed by atoms with E-state index in [4.69, 9.17) is 24.7 Å². The monoisotopic (exact) mass is 331 g/mol. The molecule has 0 radical (unpaired) electrons. The van der Waals surface area contributed by atoms with Gasteiger partial charge in [0.25, 0.3) is 0 Å². The van der Waals surface area contributed by atoms with Gasteiger partial charge in [-0.25, -0.2) is 0 Å². The van der Waals surface area contributed by atoms with E-state index in [9.17, 15) is 0 Å². The van der Waals surface area contributed by atoms with E-state index in [-0.39, 0.29) is 0 Å². The lowest BCUT2D eigenvalue weighted by Gasteiger charge is -2.23. The van der Waals surface area contributed by atoms with E-state index in [2.05, 4.69) is 6.92 Å². The molecule has 4 heterocycles. The zero-order valence-corrected chi connectivity index (χ0v) is 14.2. The third-order valence-corrected chi connectivity index (χ3v) is 5.62. The highest BCUT2D eigenvalue weighted by Crippen LogP contribution is 2.38. The maximum Gasteiger partial charge on any atom is 0.0851 e. The standard InChI is InChI=1S/C19H25NO4/c1-10-15(2-11-6-21-11)17(4-13-8-23-13)19(20)18(5-14-9-24-14)16(10)3-12-7-22-12/h11-14H,2-9,20H2,1H3. The predicted molar refractivity (Wildman–Crippen MR) is 89.4 cm³/mol. The summed E-state index contributed by atoms with van der Waals surface area (Å²) in [7, 11) is 0. The average Bonchev–Trinajstić information content (AvgIpc) is 3.42. The summed E-state index contributed by atoms with van der Waals surface area (Å²) >= 11 is 0. The highest BCUT2D eigenvalue weighted by Gasteiger charge is 2.35. The minimum Gasteiger partial charge on any atom is -0.398 e. The first-order valence-corrected chi connectivity index (χ1v) is 9.07. The van der Waals surface area contributed by atoms with Crippen molar-refractivity contribution in [2.75, 3.05) is 32.2 Å². The van der Waals surface area contributed by atoms with Crippen LogP contribution in [0.2, 0.25) is 0 Å². The lowest BCUT2D eigenvalue weighted by Crippen LogP contribution is -2.16. The highest BCUT2D eigenvalue weighted by atomic mass is 16.6. The normalized spacial score (nSPS) is 32.7. The number of hydrogen-bond donors (Lipinski definition) is 1. The quantitative estimate of drug-likeness (QED) is 0.575. The average molecular weight is 331 g/mol. The van der Waals surface area contributed by atoms with Crippen LogP contribution in [0.1, 0.15) is 27.8 Å². The summed E-state index contributed by atoms with van der Waals surface area (Å²) in [5.41, 5.74) is 14.4. The molecule has 4 saturated heterocycles. The summed E-state index contributed by atoms with van der Waals surface area (Å²) in [6.45, 7) is 5.71. The zero-order valence-electron chi connectivity index (χ0n) is 14.2. The Balaban J connectivity index is 1.58. The first-order valence-electron chi connectivity index (χ1n) is 9.07. The number of hydrogen-bond acceptors (Lipinski definition) is 5. The second-order valence-corrected chi connectivity index (χ2v) is 7.59. The van der Waals surface area contributed by atoms with Crippen LogP contribution in [-0.4, -0.2) is 50.8 Å². The Morgan fingerprint density at radius 3 is 1.25 bits per heavy atom. The minimum atomic E-state index is 0.341. The van der Waals surface area contributed by atoms with Gasteiger partial charge in [-0.2, -0.15) is 0 Å². The number of nitrogens with two attached hydrogens (primary N) is 1. The number of anilines is 1. The Morgan fingerprint density at radius 2 is 0.958 bits per heavy atom. The number of benzene rings is 1. The maximum atomic E-state index is 6.71. The molecule has 0 saturated carbocycles. The number of rotatable bonds is 8. The molecule has 0 bridgehead atoms. The van der Waals surface area contributed by atoms with Gasteiger partial charge in [0.2, 0.25) is 0 Å². The van der Waals surface area contributed by atoms with Crippen molar-refractivity contribution in [1.82, 2.24) is 0 Å². The van der Waals surface area contributed by atoms with Crippen molar-refractivity contribution < 1.29 is 18.9 Å². The molecule has 5 heteroatoms.